The molecule has 0 atom stereocenters. The fraction of sp³-hybridized carbons (Fsp3) is 0.391. The first-order valence-electron chi connectivity index (χ1n) is 11.6. The Hall–Kier alpha value is -4.02. The van der Waals surface area contributed by atoms with Gasteiger partial charge in [0.2, 0.25) is 5.91 Å². The predicted octanol–water partition coefficient (Wildman–Crippen LogP) is 1.20. The molecule has 0 unspecified atom stereocenters. The smallest absolute Gasteiger partial charge is 0.270 e. The molecule has 2 saturated heterocycles. The number of nitrogens with one attached hydrogen (secondary N) is 1. The number of aromatic nitrogens is 6. The van der Waals surface area contributed by atoms with E-state index in [9.17, 15) is 9.59 Å². The molecule has 1 aromatic carbocycles. The third-order valence-corrected chi connectivity index (χ3v) is 6.86. The fourth-order valence-corrected chi connectivity index (χ4v) is 4.91. The van der Waals surface area contributed by atoms with Gasteiger partial charge in [0, 0.05) is 56.1 Å². The lowest BCUT2D eigenvalue weighted by Crippen LogP contribution is -2.53. The van der Waals surface area contributed by atoms with Crippen LogP contribution in [0.4, 0.5) is 5.82 Å². The number of benzene rings is 1. The number of carbonyl (C=O) groups is 2. The van der Waals surface area contributed by atoms with Crippen molar-refractivity contribution in [2.45, 2.75) is 12.8 Å². The number of piperazine rings is 1. The molecule has 2 fully saturated rings. The fourth-order valence-electron chi connectivity index (χ4n) is 4.91. The summed E-state index contributed by atoms with van der Waals surface area (Å²) in [5, 5.41) is 16.8. The van der Waals surface area contributed by atoms with E-state index >= 15 is 0 Å². The minimum Gasteiger partial charge on any atom is -0.355 e. The number of hydrogen-bond acceptors (Lipinski definition) is 7. The second-order valence-corrected chi connectivity index (χ2v) is 8.87. The maximum atomic E-state index is 13.2. The highest BCUT2D eigenvalue weighted by atomic mass is 16.2. The molecule has 2 amide bonds. The van der Waals surface area contributed by atoms with Crippen molar-refractivity contribution in [1.29, 1.82) is 0 Å². The van der Waals surface area contributed by atoms with E-state index in [2.05, 4.69) is 30.5 Å². The molecule has 0 radical (unpaired) electrons. The van der Waals surface area contributed by atoms with Crippen LogP contribution in [0.3, 0.4) is 0 Å². The Bertz CT molecular complexity index is 1310. The third kappa shape index (κ3) is 3.72. The van der Waals surface area contributed by atoms with Crippen LogP contribution in [0.2, 0.25) is 0 Å². The van der Waals surface area contributed by atoms with E-state index in [-0.39, 0.29) is 17.7 Å². The van der Waals surface area contributed by atoms with Crippen molar-refractivity contribution >= 4 is 34.2 Å². The molecule has 11 nitrogen and oxygen atoms in total. The number of hydrogen-bond donors (Lipinski definition) is 1. The zero-order valence-electron chi connectivity index (χ0n) is 18.7. The number of carbonyl (C=O) groups excluding carboxylic acids is 2. The van der Waals surface area contributed by atoms with Gasteiger partial charge < -0.3 is 19.7 Å². The minimum absolute atomic E-state index is 0.00368. The van der Waals surface area contributed by atoms with E-state index in [1.807, 2.05) is 52.3 Å². The molecule has 0 spiro atoms. The number of fused-ring (bicyclic) bond motifs is 2. The van der Waals surface area contributed by atoms with Gasteiger partial charge in [-0.2, -0.15) is 0 Å². The van der Waals surface area contributed by atoms with Gasteiger partial charge in [0.1, 0.15) is 5.69 Å². The Labute approximate surface area is 195 Å². The molecule has 5 heterocycles. The van der Waals surface area contributed by atoms with Crippen LogP contribution < -0.4 is 4.90 Å². The second kappa shape index (κ2) is 8.40. The molecule has 0 aliphatic carbocycles. The lowest BCUT2D eigenvalue weighted by molar-refractivity contribution is -0.137. The Kier molecular flexibility index (Phi) is 5.08. The number of amides is 2. The largest absolute Gasteiger partial charge is 0.355 e. The molecule has 1 N–H and O–H groups in total. The Morgan fingerprint density at radius 1 is 0.912 bits per heavy atom. The van der Waals surface area contributed by atoms with Crippen LogP contribution >= 0.6 is 0 Å². The lowest BCUT2D eigenvalue weighted by atomic mass is 9.95. The van der Waals surface area contributed by atoms with Crippen molar-refractivity contribution in [3.63, 3.8) is 0 Å². The number of para-hydroxylation sites is 1. The van der Waals surface area contributed by atoms with Crippen LogP contribution in [0.1, 0.15) is 23.3 Å². The van der Waals surface area contributed by atoms with E-state index in [1.54, 1.807) is 0 Å². The molecule has 11 heteroatoms. The highest BCUT2D eigenvalue weighted by Gasteiger charge is 2.32. The molecule has 174 valence electrons. The van der Waals surface area contributed by atoms with E-state index in [4.69, 9.17) is 0 Å². The molecular formula is C23H25N9O2. The van der Waals surface area contributed by atoms with E-state index < -0.39 is 0 Å². The van der Waals surface area contributed by atoms with Crippen molar-refractivity contribution < 1.29 is 9.59 Å². The number of anilines is 1. The maximum absolute atomic E-state index is 13.2. The first-order valence-corrected chi connectivity index (χ1v) is 11.6. The minimum atomic E-state index is -0.0105. The van der Waals surface area contributed by atoms with Gasteiger partial charge in [-0.05, 0) is 47.5 Å². The summed E-state index contributed by atoms with van der Waals surface area (Å²) in [7, 11) is 0. The highest BCUT2D eigenvalue weighted by Crippen LogP contribution is 2.24. The summed E-state index contributed by atoms with van der Waals surface area (Å²) in [5.41, 5.74) is 2.16. The van der Waals surface area contributed by atoms with Crippen LogP contribution in [-0.2, 0) is 4.79 Å². The SMILES string of the molecule is O=C(c1cc2ccccc2[nH]1)N1CCN(C(=O)C2CCN(c3ccc4nnnn4n3)CC2)CC1. The number of piperidine rings is 1. The standard InChI is InChI=1S/C23H25N9O2/c33-22(16-7-9-29(10-8-16)21-6-5-20-25-27-28-32(20)26-21)30-11-13-31(14-12-30)23(34)19-15-17-3-1-2-4-18(17)24-19/h1-6,15-16,24H,7-14H2. The summed E-state index contributed by atoms with van der Waals surface area (Å²) in [6.07, 6.45) is 1.56. The van der Waals surface area contributed by atoms with Crippen LogP contribution in [-0.4, -0.2) is 91.1 Å². The predicted molar refractivity (Wildman–Crippen MR) is 124 cm³/mol. The van der Waals surface area contributed by atoms with Gasteiger partial charge in [-0.25, -0.2) is 0 Å². The van der Waals surface area contributed by atoms with Crippen LogP contribution in [0.5, 0.6) is 0 Å². The summed E-state index contributed by atoms with van der Waals surface area (Å²) in [6.45, 7) is 3.76. The van der Waals surface area contributed by atoms with Gasteiger partial charge in [0.15, 0.2) is 11.5 Å². The topological polar surface area (TPSA) is 116 Å². The first kappa shape index (κ1) is 20.6. The molecule has 4 aromatic rings. The Morgan fingerprint density at radius 2 is 1.68 bits per heavy atom. The Balaban J connectivity index is 1.03. The number of tetrazole rings is 1. The van der Waals surface area contributed by atoms with Crippen molar-refractivity contribution in [2.24, 2.45) is 5.92 Å². The number of nitrogens with zero attached hydrogens (tertiary/aromatic N) is 8. The molecule has 3 aromatic heterocycles. The summed E-state index contributed by atoms with van der Waals surface area (Å²) >= 11 is 0. The number of aromatic amines is 1. The third-order valence-electron chi connectivity index (χ3n) is 6.86. The van der Waals surface area contributed by atoms with Gasteiger partial charge in [-0.15, -0.1) is 14.8 Å². The normalized spacial score (nSPS) is 17.6. The van der Waals surface area contributed by atoms with Crippen molar-refractivity contribution in [3.05, 3.63) is 48.2 Å². The average molecular weight is 460 g/mol. The summed E-state index contributed by atoms with van der Waals surface area (Å²) in [4.78, 5) is 35.2. The summed E-state index contributed by atoms with van der Waals surface area (Å²) < 4.78 is 1.42. The zero-order chi connectivity index (χ0) is 23.1. The summed E-state index contributed by atoms with van der Waals surface area (Å²) in [5.74, 6) is 1.00. The molecule has 2 aliphatic heterocycles. The van der Waals surface area contributed by atoms with Crippen LogP contribution in [0, 0.1) is 5.92 Å². The van der Waals surface area contributed by atoms with E-state index in [0.717, 1.165) is 42.7 Å². The van der Waals surface area contributed by atoms with E-state index in [1.165, 1.54) is 4.63 Å². The second-order valence-electron chi connectivity index (χ2n) is 8.87. The average Bonchev–Trinajstić information content (AvgIpc) is 3.54. The number of rotatable bonds is 3. The Morgan fingerprint density at radius 3 is 2.47 bits per heavy atom. The van der Waals surface area contributed by atoms with Crippen molar-refractivity contribution in [1.82, 2.24) is 40.0 Å². The monoisotopic (exact) mass is 459 g/mol. The van der Waals surface area contributed by atoms with Gasteiger partial charge in [0.25, 0.3) is 5.91 Å². The highest BCUT2D eigenvalue weighted by molar-refractivity contribution is 5.98. The lowest BCUT2D eigenvalue weighted by Gasteiger charge is -2.38. The van der Waals surface area contributed by atoms with Gasteiger partial charge >= 0.3 is 0 Å². The molecule has 2 aliphatic rings. The molecule has 34 heavy (non-hydrogen) atoms. The molecule has 6 rings (SSSR count). The van der Waals surface area contributed by atoms with Gasteiger partial charge in [-0.1, -0.05) is 18.2 Å². The van der Waals surface area contributed by atoms with E-state index in [0.29, 0.717) is 37.5 Å². The first-order chi connectivity index (χ1) is 16.7. The zero-order valence-corrected chi connectivity index (χ0v) is 18.7. The molecule has 0 bridgehead atoms. The van der Waals surface area contributed by atoms with Gasteiger partial charge in [-0.3, -0.25) is 9.59 Å². The quantitative estimate of drug-likeness (QED) is 0.489. The van der Waals surface area contributed by atoms with Crippen LogP contribution in [0.15, 0.2) is 42.5 Å². The van der Waals surface area contributed by atoms with Crippen molar-refractivity contribution in [2.75, 3.05) is 44.2 Å². The molecular weight excluding hydrogens is 434 g/mol. The molecule has 0 saturated carbocycles. The maximum Gasteiger partial charge on any atom is 0.270 e. The van der Waals surface area contributed by atoms with Crippen LogP contribution in [0.25, 0.3) is 16.6 Å². The number of H-pyrrole nitrogens is 1. The van der Waals surface area contributed by atoms with Crippen molar-refractivity contribution in [3.8, 4) is 0 Å². The van der Waals surface area contributed by atoms with Gasteiger partial charge in [0.05, 0.1) is 0 Å². The summed E-state index contributed by atoms with van der Waals surface area (Å²) in [6, 6.07) is 13.5.